The number of ether oxygens (including phenoxy) is 1. The summed E-state index contributed by atoms with van der Waals surface area (Å²) in [6.45, 7) is 0.314. The Balaban J connectivity index is 2.14. The highest BCUT2D eigenvalue weighted by atomic mass is 19.1. The largest absolute Gasteiger partial charge is 0.494 e. The second-order valence-corrected chi connectivity index (χ2v) is 4.47. The van der Waals surface area contributed by atoms with Crippen molar-refractivity contribution in [3.05, 3.63) is 29.6 Å². The Morgan fingerprint density at radius 2 is 2.32 bits per heavy atom. The predicted molar refractivity (Wildman–Crippen MR) is 64.4 cm³/mol. The summed E-state index contributed by atoms with van der Waals surface area (Å²) in [6.07, 6.45) is 0.00791. The zero-order valence-corrected chi connectivity index (χ0v) is 10.4. The van der Waals surface area contributed by atoms with Gasteiger partial charge in [0.05, 0.1) is 13.7 Å². The first-order valence-corrected chi connectivity index (χ1v) is 5.82. The van der Waals surface area contributed by atoms with Gasteiger partial charge in [-0.15, -0.1) is 0 Å². The zero-order valence-electron chi connectivity index (χ0n) is 10.4. The molecule has 6 heteroatoms. The molecule has 1 heterocycles. The molecule has 19 heavy (non-hydrogen) atoms. The van der Waals surface area contributed by atoms with Gasteiger partial charge in [-0.1, -0.05) is 6.07 Å². The minimum Gasteiger partial charge on any atom is -0.494 e. The predicted octanol–water partition coefficient (Wildman–Crippen LogP) is 1.06. The van der Waals surface area contributed by atoms with Crippen LogP contribution in [0, 0.1) is 5.82 Å². The second-order valence-electron chi connectivity index (χ2n) is 4.47. The van der Waals surface area contributed by atoms with Gasteiger partial charge in [-0.05, 0) is 17.7 Å². The first-order chi connectivity index (χ1) is 9.01. The quantitative estimate of drug-likeness (QED) is 0.883. The van der Waals surface area contributed by atoms with Crippen LogP contribution < -0.4 is 4.74 Å². The van der Waals surface area contributed by atoms with E-state index in [1.54, 1.807) is 6.07 Å². The number of methoxy groups -OCH3 is 1. The van der Waals surface area contributed by atoms with E-state index in [1.165, 1.54) is 24.1 Å². The van der Waals surface area contributed by atoms with Crippen molar-refractivity contribution in [3.8, 4) is 5.75 Å². The molecule has 1 saturated heterocycles. The molecular weight excluding hydrogens is 253 g/mol. The van der Waals surface area contributed by atoms with Crippen molar-refractivity contribution < 1.29 is 23.8 Å². The molecule has 0 spiro atoms. The molecule has 0 bridgehead atoms. The summed E-state index contributed by atoms with van der Waals surface area (Å²) in [6, 6.07) is 3.61. The number of likely N-dealkylation sites (tertiary alicyclic amines) is 1. The Morgan fingerprint density at radius 3 is 2.89 bits per heavy atom. The standard InChI is InChI=1S/C13H14FNO4/c1-19-12-3-2-8(4-10(12)14)6-15-7-9(16)5-11(15)13(17)18/h2-4,11H,5-7H2,1H3,(H,17,18). The number of carboxylic acid groups (broad SMARTS) is 1. The molecule has 1 fully saturated rings. The molecule has 5 nitrogen and oxygen atoms in total. The van der Waals surface area contributed by atoms with Gasteiger partial charge in [-0.3, -0.25) is 14.5 Å². The fraction of sp³-hybridized carbons (Fsp3) is 0.385. The highest BCUT2D eigenvalue weighted by Crippen LogP contribution is 2.22. The molecule has 1 N–H and O–H groups in total. The summed E-state index contributed by atoms with van der Waals surface area (Å²) < 4.78 is 18.3. The number of halogens is 1. The molecule has 1 unspecified atom stereocenters. The Bertz CT molecular complexity index is 517. The van der Waals surface area contributed by atoms with Gasteiger partial charge in [0, 0.05) is 13.0 Å². The van der Waals surface area contributed by atoms with E-state index < -0.39 is 17.8 Å². The van der Waals surface area contributed by atoms with E-state index in [1.807, 2.05) is 0 Å². The molecule has 0 amide bonds. The van der Waals surface area contributed by atoms with Crippen molar-refractivity contribution in [2.45, 2.75) is 19.0 Å². The van der Waals surface area contributed by atoms with Crippen molar-refractivity contribution in [3.63, 3.8) is 0 Å². The van der Waals surface area contributed by atoms with Gasteiger partial charge in [0.15, 0.2) is 11.6 Å². The van der Waals surface area contributed by atoms with Crippen LogP contribution in [0.3, 0.4) is 0 Å². The Labute approximate surface area is 109 Å². The third kappa shape index (κ3) is 2.90. The number of hydrogen-bond donors (Lipinski definition) is 1. The van der Waals surface area contributed by atoms with E-state index in [9.17, 15) is 14.0 Å². The van der Waals surface area contributed by atoms with Crippen LogP contribution >= 0.6 is 0 Å². The fourth-order valence-electron chi connectivity index (χ4n) is 2.20. The van der Waals surface area contributed by atoms with Crippen LogP contribution in [-0.2, 0) is 16.1 Å². The highest BCUT2D eigenvalue weighted by molar-refractivity contribution is 5.90. The number of Topliss-reactive ketones (excluding diaryl/α,β-unsaturated/α-hetero) is 1. The van der Waals surface area contributed by atoms with Crippen LogP contribution in [-0.4, -0.2) is 41.5 Å². The van der Waals surface area contributed by atoms with Gasteiger partial charge in [-0.25, -0.2) is 4.39 Å². The van der Waals surface area contributed by atoms with Crippen LogP contribution in [0.2, 0.25) is 0 Å². The molecule has 1 aromatic carbocycles. The number of ketones is 1. The third-order valence-corrected chi connectivity index (χ3v) is 3.13. The fourth-order valence-corrected chi connectivity index (χ4v) is 2.20. The van der Waals surface area contributed by atoms with Gasteiger partial charge in [0.1, 0.15) is 11.8 Å². The molecule has 1 atom stereocenters. The molecule has 0 radical (unpaired) electrons. The minimum atomic E-state index is -1.03. The molecule has 1 aromatic rings. The van der Waals surface area contributed by atoms with Crippen molar-refractivity contribution in [2.24, 2.45) is 0 Å². The maximum Gasteiger partial charge on any atom is 0.321 e. The van der Waals surface area contributed by atoms with Crippen LogP contribution in [0.25, 0.3) is 0 Å². The first kappa shape index (κ1) is 13.5. The summed E-state index contributed by atoms with van der Waals surface area (Å²) in [4.78, 5) is 23.9. The van der Waals surface area contributed by atoms with E-state index in [-0.39, 0.29) is 31.0 Å². The van der Waals surface area contributed by atoms with Gasteiger partial charge < -0.3 is 9.84 Å². The van der Waals surface area contributed by atoms with Gasteiger partial charge >= 0.3 is 5.97 Å². The Morgan fingerprint density at radius 1 is 1.58 bits per heavy atom. The van der Waals surface area contributed by atoms with Crippen molar-refractivity contribution in [2.75, 3.05) is 13.7 Å². The lowest BCUT2D eigenvalue weighted by Gasteiger charge is -2.20. The molecule has 0 aliphatic carbocycles. The number of benzene rings is 1. The topological polar surface area (TPSA) is 66.8 Å². The van der Waals surface area contributed by atoms with Gasteiger partial charge in [-0.2, -0.15) is 0 Å². The van der Waals surface area contributed by atoms with E-state index in [0.29, 0.717) is 5.56 Å². The summed E-state index contributed by atoms with van der Waals surface area (Å²) in [7, 11) is 1.37. The minimum absolute atomic E-state index is 0.00791. The second kappa shape index (κ2) is 5.36. The average molecular weight is 267 g/mol. The van der Waals surface area contributed by atoms with Crippen molar-refractivity contribution in [1.82, 2.24) is 4.90 Å². The van der Waals surface area contributed by atoms with E-state index in [0.717, 1.165) is 0 Å². The number of carbonyl (C=O) groups excluding carboxylic acids is 1. The lowest BCUT2D eigenvalue weighted by molar-refractivity contribution is -0.142. The lowest BCUT2D eigenvalue weighted by Crippen LogP contribution is -2.35. The number of nitrogens with zero attached hydrogens (tertiary/aromatic N) is 1. The maximum absolute atomic E-state index is 13.5. The smallest absolute Gasteiger partial charge is 0.321 e. The van der Waals surface area contributed by atoms with E-state index in [2.05, 4.69) is 0 Å². The third-order valence-electron chi connectivity index (χ3n) is 3.13. The number of aliphatic carboxylic acids is 1. The highest BCUT2D eigenvalue weighted by Gasteiger charge is 2.35. The Kier molecular flexibility index (Phi) is 3.80. The van der Waals surface area contributed by atoms with Crippen LogP contribution in [0.1, 0.15) is 12.0 Å². The maximum atomic E-state index is 13.5. The summed E-state index contributed by atoms with van der Waals surface area (Å²) in [5.74, 6) is -1.50. The molecule has 2 rings (SSSR count). The molecule has 1 aliphatic rings. The van der Waals surface area contributed by atoms with Crippen molar-refractivity contribution >= 4 is 11.8 Å². The number of rotatable bonds is 4. The first-order valence-electron chi connectivity index (χ1n) is 5.82. The molecular formula is C13H14FNO4. The van der Waals surface area contributed by atoms with Crippen LogP contribution in [0.4, 0.5) is 4.39 Å². The monoisotopic (exact) mass is 267 g/mol. The van der Waals surface area contributed by atoms with E-state index >= 15 is 0 Å². The summed E-state index contributed by atoms with van der Waals surface area (Å²) in [5.41, 5.74) is 0.610. The summed E-state index contributed by atoms with van der Waals surface area (Å²) in [5, 5.41) is 9.03. The molecule has 0 aromatic heterocycles. The molecule has 0 saturated carbocycles. The molecule has 102 valence electrons. The van der Waals surface area contributed by atoms with Crippen molar-refractivity contribution in [1.29, 1.82) is 0 Å². The Hall–Kier alpha value is -1.95. The summed E-state index contributed by atoms with van der Waals surface area (Å²) >= 11 is 0. The zero-order chi connectivity index (χ0) is 14.0. The number of carboxylic acids is 1. The molecule has 1 aliphatic heterocycles. The van der Waals surface area contributed by atoms with Gasteiger partial charge in [0.2, 0.25) is 0 Å². The van der Waals surface area contributed by atoms with Gasteiger partial charge in [0.25, 0.3) is 0 Å². The SMILES string of the molecule is COc1ccc(CN2CC(=O)CC2C(=O)O)cc1F. The lowest BCUT2D eigenvalue weighted by atomic mass is 10.1. The number of carbonyl (C=O) groups is 2. The van der Waals surface area contributed by atoms with Crippen LogP contribution in [0.5, 0.6) is 5.75 Å². The number of hydrogen-bond acceptors (Lipinski definition) is 4. The average Bonchev–Trinajstić information content (AvgIpc) is 2.70. The normalized spacial score (nSPS) is 19.7. The van der Waals surface area contributed by atoms with Crippen LogP contribution in [0.15, 0.2) is 18.2 Å². The van der Waals surface area contributed by atoms with E-state index in [4.69, 9.17) is 9.84 Å².